The maximum atomic E-state index is 12.7. The summed E-state index contributed by atoms with van der Waals surface area (Å²) in [5, 5.41) is 0. The predicted molar refractivity (Wildman–Crippen MR) is 86.1 cm³/mol. The fourth-order valence-electron chi connectivity index (χ4n) is 3.57. The molecule has 1 aliphatic carbocycles. The second-order valence-corrected chi connectivity index (χ2v) is 7.13. The molecule has 0 radical (unpaired) electrons. The molecule has 0 aromatic heterocycles. The number of piperazine rings is 1. The second-order valence-electron chi connectivity index (χ2n) is 7.13. The van der Waals surface area contributed by atoms with Crippen LogP contribution in [0.1, 0.15) is 26.2 Å². The standard InChI is InChI=1S/C16H32N4O/c1-13-12-14(17)4-5-15(13)16(21)20-10-8-19(9-11-20)7-6-18(2)3/h13-15H,4-12,17H2,1-3H3. The molecule has 122 valence electrons. The van der Waals surface area contributed by atoms with Gasteiger partial charge in [-0.25, -0.2) is 0 Å². The third-order valence-electron chi connectivity index (χ3n) is 5.07. The molecule has 1 aliphatic heterocycles. The van der Waals surface area contributed by atoms with Crippen molar-refractivity contribution < 1.29 is 4.79 Å². The quantitative estimate of drug-likeness (QED) is 0.819. The van der Waals surface area contributed by atoms with Crippen molar-refractivity contribution in [2.24, 2.45) is 17.6 Å². The Balaban J connectivity index is 1.77. The minimum Gasteiger partial charge on any atom is -0.340 e. The van der Waals surface area contributed by atoms with Crippen molar-refractivity contribution in [3.8, 4) is 0 Å². The van der Waals surface area contributed by atoms with Gasteiger partial charge in [-0.2, -0.15) is 0 Å². The van der Waals surface area contributed by atoms with E-state index in [1.165, 1.54) is 0 Å². The van der Waals surface area contributed by atoms with E-state index in [1.807, 2.05) is 0 Å². The molecule has 0 spiro atoms. The molecule has 2 rings (SSSR count). The van der Waals surface area contributed by atoms with Gasteiger partial charge in [0.25, 0.3) is 0 Å². The Hall–Kier alpha value is -0.650. The highest BCUT2D eigenvalue weighted by molar-refractivity contribution is 5.79. The van der Waals surface area contributed by atoms with Crippen LogP contribution in [-0.4, -0.2) is 80.0 Å². The van der Waals surface area contributed by atoms with E-state index >= 15 is 0 Å². The average molecular weight is 296 g/mol. The van der Waals surface area contributed by atoms with Crippen LogP contribution < -0.4 is 5.73 Å². The highest BCUT2D eigenvalue weighted by atomic mass is 16.2. The first-order valence-corrected chi connectivity index (χ1v) is 8.39. The Kier molecular flexibility index (Phi) is 6.02. The molecule has 0 aromatic carbocycles. The molecule has 1 saturated carbocycles. The summed E-state index contributed by atoms with van der Waals surface area (Å²) in [4.78, 5) is 19.5. The van der Waals surface area contributed by atoms with Crippen molar-refractivity contribution in [2.75, 3.05) is 53.4 Å². The predicted octanol–water partition coefficient (Wildman–Crippen LogP) is 0.456. The van der Waals surface area contributed by atoms with E-state index in [2.05, 4.69) is 35.7 Å². The number of carbonyl (C=O) groups excluding carboxylic acids is 1. The largest absolute Gasteiger partial charge is 0.340 e. The number of rotatable bonds is 4. The van der Waals surface area contributed by atoms with Gasteiger partial charge in [-0.05, 0) is 39.3 Å². The normalized spacial score (nSPS) is 31.7. The summed E-state index contributed by atoms with van der Waals surface area (Å²) in [6, 6.07) is 0.298. The first-order chi connectivity index (χ1) is 9.97. The van der Waals surface area contributed by atoms with Crippen molar-refractivity contribution >= 4 is 5.91 Å². The van der Waals surface area contributed by atoms with E-state index in [1.54, 1.807) is 0 Å². The van der Waals surface area contributed by atoms with Crippen molar-refractivity contribution in [3.05, 3.63) is 0 Å². The summed E-state index contributed by atoms with van der Waals surface area (Å²) >= 11 is 0. The van der Waals surface area contributed by atoms with E-state index in [0.717, 1.165) is 58.5 Å². The third kappa shape index (κ3) is 4.66. The summed E-state index contributed by atoms with van der Waals surface area (Å²) in [6.07, 6.45) is 2.98. The minimum absolute atomic E-state index is 0.207. The summed E-state index contributed by atoms with van der Waals surface area (Å²) < 4.78 is 0. The molecule has 5 heteroatoms. The number of likely N-dealkylation sites (N-methyl/N-ethyl adjacent to an activating group) is 1. The number of amides is 1. The summed E-state index contributed by atoms with van der Waals surface area (Å²) in [6.45, 7) is 8.19. The lowest BCUT2D eigenvalue weighted by Gasteiger charge is -2.39. The smallest absolute Gasteiger partial charge is 0.226 e. The van der Waals surface area contributed by atoms with Crippen LogP contribution in [0.4, 0.5) is 0 Å². The van der Waals surface area contributed by atoms with Gasteiger partial charge in [-0.1, -0.05) is 6.92 Å². The molecule has 1 amide bonds. The fourth-order valence-corrected chi connectivity index (χ4v) is 3.57. The molecule has 2 N–H and O–H groups in total. The van der Waals surface area contributed by atoms with Gasteiger partial charge in [-0.3, -0.25) is 9.69 Å². The number of nitrogens with two attached hydrogens (primary N) is 1. The van der Waals surface area contributed by atoms with Crippen LogP contribution >= 0.6 is 0 Å². The zero-order chi connectivity index (χ0) is 15.4. The Morgan fingerprint density at radius 1 is 1.19 bits per heavy atom. The van der Waals surface area contributed by atoms with Crippen molar-refractivity contribution in [3.63, 3.8) is 0 Å². The first kappa shape index (κ1) is 16.7. The Morgan fingerprint density at radius 2 is 1.86 bits per heavy atom. The number of carbonyl (C=O) groups is 1. The third-order valence-corrected chi connectivity index (χ3v) is 5.07. The van der Waals surface area contributed by atoms with Gasteiger partial charge in [-0.15, -0.1) is 0 Å². The molecule has 2 fully saturated rings. The Bertz CT molecular complexity index is 339. The molecule has 3 unspecified atom stereocenters. The highest BCUT2D eigenvalue weighted by Gasteiger charge is 2.34. The van der Waals surface area contributed by atoms with E-state index in [-0.39, 0.29) is 5.92 Å². The van der Waals surface area contributed by atoms with Crippen LogP contribution in [0.2, 0.25) is 0 Å². The topological polar surface area (TPSA) is 52.8 Å². The molecule has 1 saturated heterocycles. The summed E-state index contributed by atoms with van der Waals surface area (Å²) in [5.74, 6) is 1.02. The van der Waals surface area contributed by atoms with E-state index in [9.17, 15) is 4.79 Å². The van der Waals surface area contributed by atoms with Crippen molar-refractivity contribution in [2.45, 2.75) is 32.2 Å². The molecule has 0 aromatic rings. The molecule has 5 nitrogen and oxygen atoms in total. The van der Waals surface area contributed by atoms with Crippen LogP contribution in [0.5, 0.6) is 0 Å². The maximum Gasteiger partial charge on any atom is 0.226 e. The van der Waals surface area contributed by atoms with Crippen molar-refractivity contribution in [1.29, 1.82) is 0 Å². The van der Waals surface area contributed by atoms with E-state index in [4.69, 9.17) is 5.73 Å². The number of hydrogen-bond acceptors (Lipinski definition) is 4. The monoisotopic (exact) mass is 296 g/mol. The molecule has 2 aliphatic rings. The summed E-state index contributed by atoms with van der Waals surface area (Å²) in [5.41, 5.74) is 6.01. The highest BCUT2D eigenvalue weighted by Crippen LogP contribution is 2.30. The Morgan fingerprint density at radius 3 is 2.43 bits per heavy atom. The van der Waals surface area contributed by atoms with Crippen molar-refractivity contribution in [1.82, 2.24) is 14.7 Å². The minimum atomic E-state index is 0.207. The second kappa shape index (κ2) is 7.56. The summed E-state index contributed by atoms with van der Waals surface area (Å²) in [7, 11) is 4.21. The zero-order valence-electron chi connectivity index (χ0n) is 13.9. The number of hydrogen-bond donors (Lipinski definition) is 1. The van der Waals surface area contributed by atoms with Gasteiger partial charge in [0.1, 0.15) is 0 Å². The zero-order valence-corrected chi connectivity index (χ0v) is 13.9. The average Bonchev–Trinajstić information content (AvgIpc) is 2.45. The van der Waals surface area contributed by atoms with Crippen LogP contribution in [0.15, 0.2) is 0 Å². The molecule has 3 atom stereocenters. The van der Waals surface area contributed by atoms with Gasteiger partial charge < -0.3 is 15.5 Å². The molecular formula is C16H32N4O. The van der Waals surface area contributed by atoms with Crippen LogP contribution in [0.25, 0.3) is 0 Å². The molecule has 21 heavy (non-hydrogen) atoms. The lowest BCUT2D eigenvalue weighted by molar-refractivity contribution is -0.140. The van der Waals surface area contributed by atoms with Crippen LogP contribution in [0.3, 0.4) is 0 Å². The van der Waals surface area contributed by atoms with E-state index < -0.39 is 0 Å². The number of nitrogens with zero attached hydrogens (tertiary/aromatic N) is 3. The van der Waals surface area contributed by atoms with Gasteiger partial charge in [0, 0.05) is 51.2 Å². The lowest BCUT2D eigenvalue weighted by Crippen LogP contribution is -2.52. The van der Waals surface area contributed by atoms with Gasteiger partial charge in [0.2, 0.25) is 5.91 Å². The first-order valence-electron chi connectivity index (χ1n) is 8.39. The molecule has 1 heterocycles. The molecule has 0 bridgehead atoms. The SMILES string of the molecule is CC1CC(N)CCC1C(=O)N1CCN(CCN(C)C)CC1. The molecular weight excluding hydrogens is 264 g/mol. The van der Waals surface area contributed by atoms with Gasteiger partial charge >= 0.3 is 0 Å². The lowest BCUT2D eigenvalue weighted by atomic mass is 9.77. The fraction of sp³-hybridized carbons (Fsp3) is 0.938. The Labute approximate surface area is 129 Å². The van der Waals surface area contributed by atoms with Gasteiger partial charge in [0.15, 0.2) is 0 Å². The van der Waals surface area contributed by atoms with Crippen LogP contribution in [0, 0.1) is 11.8 Å². The van der Waals surface area contributed by atoms with E-state index in [0.29, 0.717) is 17.9 Å². The maximum absolute atomic E-state index is 12.7. The van der Waals surface area contributed by atoms with Gasteiger partial charge in [0.05, 0.1) is 0 Å². The van der Waals surface area contributed by atoms with Crippen LogP contribution in [-0.2, 0) is 4.79 Å².